The molecule has 0 aliphatic carbocycles. The Morgan fingerprint density at radius 2 is 1.68 bits per heavy atom. The normalized spacial score (nSPS) is 17.9. The van der Waals surface area contributed by atoms with E-state index >= 15 is 0 Å². The highest BCUT2D eigenvalue weighted by Gasteiger charge is 2.49. The molecule has 1 heterocycles. The lowest BCUT2D eigenvalue weighted by molar-refractivity contribution is -0.274. The average molecular weight is 550 g/mol. The fourth-order valence-electron chi connectivity index (χ4n) is 4.24. The molecule has 38 heavy (non-hydrogen) atoms. The van der Waals surface area contributed by atoms with Gasteiger partial charge in [-0.05, 0) is 64.2 Å². The quantitative estimate of drug-likeness (QED) is 0.430. The highest BCUT2D eigenvalue weighted by molar-refractivity contribution is 7.85. The van der Waals surface area contributed by atoms with E-state index < -0.39 is 39.4 Å². The van der Waals surface area contributed by atoms with Crippen LogP contribution in [-0.2, 0) is 26.2 Å². The molecule has 3 N–H and O–H groups in total. The van der Waals surface area contributed by atoms with E-state index in [2.05, 4.69) is 9.73 Å². The first-order valence-corrected chi connectivity index (χ1v) is 12.6. The largest absolute Gasteiger partial charge is 0.573 e. The predicted octanol–water partition coefficient (Wildman–Crippen LogP) is 3.68. The number of halogens is 3. The minimum Gasteiger partial charge on any atom is -0.497 e. The molecule has 4 rings (SSSR count). The number of hydrogen-bond donors (Lipinski definition) is 2. The molecule has 1 aliphatic heterocycles. The van der Waals surface area contributed by atoms with Gasteiger partial charge in [0.05, 0.1) is 7.11 Å². The number of carbonyl (C=O) groups is 1. The van der Waals surface area contributed by atoms with E-state index in [-0.39, 0.29) is 17.1 Å². The van der Waals surface area contributed by atoms with Crippen molar-refractivity contribution in [2.75, 3.05) is 14.2 Å². The molecule has 1 atom stereocenters. The lowest BCUT2D eigenvalue weighted by Gasteiger charge is -2.27. The number of nitrogens with zero attached hydrogens (tertiary/aromatic N) is 2. The summed E-state index contributed by atoms with van der Waals surface area (Å²) in [6.07, 6.45) is -4.88. The summed E-state index contributed by atoms with van der Waals surface area (Å²) in [5.41, 5.74) is 6.21. The molecule has 1 amide bonds. The van der Waals surface area contributed by atoms with E-state index in [0.29, 0.717) is 22.4 Å². The first-order chi connectivity index (χ1) is 17.7. The first-order valence-electron chi connectivity index (χ1n) is 11.0. The second kappa shape index (κ2) is 9.65. The van der Waals surface area contributed by atoms with Gasteiger partial charge in [-0.3, -0.25) is 14.2 Å². The van der Waals surface area contributed by atoms with Crippen molar-refractivity contribution in [3.8, 4) is 22.6 Å². The molecule has 0 radical (unpaired) electrons. The maximum atomic E-state index is 13.5. The molecule has 9 nitrogen and oxygen atoms in total. The fourth-order valence-corrected chi connectivity index (χ4v) is 4.83. The molecule has 0 saturated carbocycles. The number of rotatable bonds is 7. The zero-order valence-corrected chi connectivity index (χ0v) is 20.9. The van der Waals surface area contributed by atoms with E-state index in [1.54, 1.807) is 36.4 Å². The number of amides is 1. The van der Waals surface area contributed by atoms with Crippen LogP contribution in [0.4, 0.5) is 13.2 Å². The van der Waals surface area contributed by atoms with Gasteiger partial charge in [-0.25, -0.2) is 4.99 Å². The minimum atomic E-state index is -4.88. The van der Waals surface area contributed by atoms with Gasteiger partial charge in [0.1, 0.15) is 17.3 Å². The molecule has 0 spiro atoms. The van der Waals surface area contributed by atoms with Gasteiger partial charge in [0.25, 0.3) is 16.0 Å². The van der Waals surface area contributed by atoms with Crippen LogP contribution in [0.3, 0.4) is 0 Å². The lowest BCUT2D eigenvalue weighted by atomic mass is 9.81. The van der Waals surface area contributed by atoms with Crippen molar-refractivity contribution in [2.24, 2.45) is 10.7 Å². The van der Waals surface area contributed by atoms with Gasteiger partial charge in [0.2, 0.25) is 0 Å². The van der Waals surface area contributed by atoms with E-state index in [0.717, 1.165) is 17.0 Å². The number of guanidine groups is 1. The highest BCUT2D eigenvalue weighted by Crippen LogP contribution is 2.41. The van der Waals surface area contributed by atoms with Crippen molar-refractivity contribution in [2.45, 2.75) is 17.7 Å². The molecular weight excluding hydrogens is 527 g/mol. The standard InChI is InChI=1S/C25H22F3N3O6S/c1-31-22(32)24(30-23(31)29,18-6-8-20(9-7-18)37-25(26,27)28)19-5-3-4-16(12-19)17-10-15(14-38(33,34)35)11-21(13-17)36-2/h3-13H,14H2,1-2H3,(H2,29,30)(H,33,34,35). The van der Waals surface area contributed by atoms with Crippen molar-refractivity contribution in [3.05, 3.63) is 83.4 Å². The molecule has 200 valence electrons. The van der Waals surface area contributed by atoms with E-state index in [4.69, 9.17) is 10.5 Å². The number of hydrogen-bond acceptors (Lipinski definition) is 7. The Balaban J connectivity index is 1.85. The van der Waals surface area contributed by atoms with Crippen LogP contribution in [-0.4, -0.2) is 50.3 Å². The number of ether oxygens (including phenoxy) is 2. The van der Waals surface area contributed by atoms with Crippen LogP contribution in [0, 0.1) is 0 Å². The minimum absolute atomic E-state index is 0.0900. The molecule has 0 fully saturated rings. The molecule has 1 aliphatic rings. The van der Waals surface area contributed by atoms with E-state index in [1.807, 2.05) is 0 Å². The molecule has 0 aromatic heterocycles. The Morgan fingerprint density at radius 1 is 1.00 bits per heavy atom. The van der Waals surface area contributed by atoms with Gasteiger partial charge in [-0.15, -0.1) is 13.2 Å². The van der Waals surface area contributed by atoms with Crippen molar-refractivity contribution in [1.82, 2.24) is 4.90 Å². The lowest BCUT2D eigenvalue weighted by Crippen LogP contribution is -2.41. The smallest absolute Gasteiger partial charge is 0.497 e. The molecular formula is C25H22F3N3O6S. The summed E-state index contributed by atoms with van der Waals surface area (Å²) in [7, 11) is -1.49. The Kier molecular flexibility index (Phi) is 6.84. The summed E-state index contributed by atoms with van der Waals surface area (Å²) in [5, 5.41) is 0. The molecule has 3 aromatic rings. The van der Waals surface area contributed by atoms with Crippen LogP contribution in [0.5, 0.6) is 11.5 Å². The van der Waals surface area contributed by atoms with Gasteiger partial charge in [0, 0.05) is 7.05 Å². The molecule has 3 aromatic carbocycles. The number of methoxy groups -OCH3 is 1. The van der Waals surface area contributed by atoms with Crippen molar-refractivity contribution < 1.29 is 40.4 Å². The first kappa shape index (κ1) is 26.9. The summed E-state index contributed by atoms with van der Waals surface area (Å²) >= 11 is 0. The van der Waals surface area contributed by atoms with Gasteiger partial charge in [0.15, 0.2) is 11.5 Å². The highest BCUT2D eigenvalue weighted by atomic mass is 32.2. The fraction of sp³-hybridized carbons (Fsp3) is 0.200. The third-order valence-electron chi connectivity index (χ3n) is 5.91. The van der Waals surface area contributed by atoms with Crippen LogP contribution in [0.2, 0.25) is 0 Å². The maximum absolute atomic E-state index is 13.5. The number of aliphatic imine (C=N–C) groups is 1. The van der Waals surface area contributed by atoms with Crippen molar-refractivity contribution >= 4 is 22.0 Å². The Morgan fingerprint density at radius 3 is 2.24 bits per heavy atom. The monoisotopic (exact) mass is 549 g/mol. The maximum Gasteiger partial charge on any atom is 0.573 e. The topological polar surface area (TPSA) is 132 Å². The Bertz CT molecular complexity index is 1520. The average Bonchev–Trinajstić information content (AvgIpc) is 3.07. The zero-order valence-electron chi connectivity index (χ0n) is 20.1. The Hall–Kier alpha value is -4.10. The summed E-state index contributed by atoms with van der Waals surface area (Å²) in [5.74, 6) is -1.40. The molecule has 0 bridgehead atoms. The summed E-state index contributed by atoms with van der Waals surface area (Å²) < 4.78 is 79.4. The number of benzene rings is 3. The van der Waals surface area contributed by atoms with Crippen LogP contribution in [0.1, 0.15) is 16.7 Å². The number of carbonyl (C=O) groups excluding carboxylic acids is 1. The van der Waals surface area contributed by atoms with Gasteiger partial charge < -0.3 is 15.2 Å². The number of nitrogens with two attached hydrogens (primary N) is 1. The van der Waals surface area contributed by atoms with E-state index in [1.165, 1.54) is 32.4 Å². The molecule has 13 heteroatoms. The SMILES string of the molecule is COc1cc(CS(=O)(=O)O)cc(-c2cccc(C3(c4ccc(OC(F)(F)F)cc4)N=C(N)N(C)C3=O)c2)c1. The third-order valence-corrected chi connectivity index (χ3v) is 6.61. The van der Waals surface area contributed by atoms with Crippen LogP contribution < -0.4 is 15.2 Å². The summed E-state index contributed by atoms with van der Waals surface area (Å²) in [4.78, 5) is 19.1. The summed E-state index contributed by atoms with van der Waals surface area (Å²) in [6, 6.07) is 16.0. The second-order valence-corrected chi connectivity index (χ2v) is 9.95. The van der Waals surface area contributed by atoms with Gasteiger partial charge in [-0.1, -0.05) is 30.3 Å². The van der Waals surface area contributed by atoms with Gasteiger partial charge >= 0.3 is 6.36 Å². The molecule has 1 unspecified atom stereocenters. The van der Waals surface area contributed by atoms with Crippen molar-refractivity contribution in [1.29, 1.82) is 0 Å². The van der Waals surface area contributed by atoms with Crippen molar-refractivity contribution in [3.63, 3.8) is 0 Å². The second-order valence-electron chi connectivity index (χ2n) is 8.49. The Labute approximate surface area is 216 Å². The number of likely N-dealkylation sites (N-methyl/N-ethyl adjacent to an activating group) is 1. The predicted molar refractivity (Wildman–Crippen MR) is 132 cm³/mol. The number of alkyl halides is 3. The van der Waals surface area contributed by atoms with Crippen LogP contribution in [0.25, 0.3) is 11.1 Å². The summed E-state index contributed by atoms with van der Waals surface area (Å²) in [6.45, 7) is 0. The van der Waals surface area contributed by atoms with Gasteiger partial charge in [-0.2, -0.15) is 8.42 Å². The zero-order chi connectivity index (χ0) is 27.9. The molecule has 0 saturated heterocycles. The van der Waals surface area contributed by atoms with Crippen LogP contribution >= 0.6 is 0 Å². The third kappa shape index (κ3) is 5.43. The van der Waals surface area contributed by atoms with Crippen LogP contribution in [0.15, 0.2) is 71.7 Å². The van der Waals surface area contributed by atoms with E-state index in [9.17, 15) is 30.9 Å².